The molecule has 0 aromatic rings. The van der Waals surface area contributed by atoms with Crippen LogP contribution in [0.5, 0.6) is 0 Å². The van der Waals surface area contributed by atoms with Crippen molar-refractivity contribution in [1.29, 1.82) is 0 Å². The van der Waals surface area contributed by atoms with Gasteiger partial charge in [-0.2, -0.15) is 0 Å². The van der Waals surface area contributed by atoms with E-state index in [9.17, 15) is 4.79 Å². The lowest BCUT2D eigenvalue weighted by Gasteiger charge is -2.53. The number of rotatable bonds is 11. The summed E-state index contributed by atoms with van der Waals surface area (Å²) in [5.41, 5.74) is 0.366. The third-order valence-corrected chi connectivity index (χ3v) is 9.85. The Morgan fingerprint density at radius 3 is 1.93 bits per heavy atom. The van der Waals surface area contributed by atoms with Crippen LogP contribution in [0.15, 0.2) is 0 Å². The van der Waals surface area contributed by atoms with Crippen molar-refractivity contribution in [1.82, 2.24) is 0 Å². The molecule has 0 aromatic heterocycles. The third kappa shape index (κ3) is 6.13. The molecule has 174 valence electrons. The van der Waals surface area contributed by atoms with Crippen LogP contribution in [0.4, 0.5) is 0 Å². The summed E-state index contributed by atoms with van der Waals surface area (Å²) in [6.45, 7) is 4.64. The molecule has 3 rings (SSSR count). The maximum absolute atomic E-state index is 12.7. The maximum Gasteiger partial charge on any atom is 0.123 e. The summed E-state index contributed by atoms with van der Waals surface area (Å²) >= 11 is 0. The van der Waals surface area contributed by atoms with Gasteiger partial charge in [-0.3, -0.25) is 0 Å². The molecular weight excluding hydrogens is 364 g/mol. The lowest BCUT2D eigenvalue weighted by molar-refractivity contribution is -0.125. The van der Waals surface area contributed by atoms with Gasteiger partial charge in [-0.15, -0.1) is 0 Å². The fourth-order valence-electron chi connectivity index (χ4n) is 7.92. The van der Waals surface area contributed by atoms with E-state index < -0.39 is 0 Å². The van der Waals surface area contributed by atoms with Crippen molar-refractivity contribution in [2.75, 3.05) is 0 Å². The summed E-state index contributed by atoms with van der Waals surface area (Å²) in [4.78, 5) is 12.7. The number of carbonyl (C=O) groups is 1. The van der Waals surface area contributed by atoms with Gasteiger partial charge in [-0.25, -0.2) is 0 Å². The van der Waals surface area contributed by atoms with Gasteiger partial charge >= 0.3 is 0 Å². The number of hydrogen-bond donors (Lipinski definition) is 0. The average molecular weight is 417 g/mol. The second-order valence-corrected chi connectivity index (χ2v) is 11.6. The molecule has 0 saturated heterocycles. The largest absolute Gasteiger partial charge is 0.303 e. The van der Waals surface area contributed by atoms with Crippen LogP contribution in [0.1, 0.15) is 142 Å². The minimum absolute atomic E-state index is 0.365. The van der Waals surface area contributed by atoms with Crippen molar-refractivity contribution >= 4 is 6.29 Å². The first kappa shape index (κ1) is 24.3. The molecule has 0 amide bonds. The van der Waals surface area contributed by atoms with E-state index in [0.29, 0.717) is 17.3 Å². The first-order valence-corrected chi connectivity index (χ1v) is 14.2. The first-order valence-electron chi connectivity index (χ1n) is 14.2. The van der Waals surface area contributed by atoms with Crippen LogP contribution in [0, 0.1) is 35.0 Å². The maximum atomic E-state index is 12.7. The van der Waals surface area contributed by atoms with Crippen LogP contribution < -0.4 is 0 Å². The second kappa shape index (κ2) is 12.6. The summed E-state index contributed by atoms with van der Waals surface area (Å²) in [6.07, 6.45) is 29.4. The molecule has 0 spiro atoms. The molecule has 0 aliphatic heterocycles. The highest BCUT2D eigenvalue weighted by Gasteiger charge is 2.49. The third-order valence-electron chi connectivity index (χ3n) is 9.85. The second-order valence-electron chi connectivity index (χ2n) is 11.6. The molecule has 3 aliphatic carbocycles. The Hall–Kier alpha value is -0.330. The van der Waals surface area contributed by atoms with E-state index in [-0.39, 0.29) is 0 Å². The summed E-state index contributed by atoms with van der Waals surface area (Å²) < 4.78 is 0. The van der Waals surface area contributed by atoms with Gasteiger partial charge in [0.15, 0.2) is 0 Å². The summed E-state index contributed by atoms with van der Waals surface area (Å²) in [5, 5.41) is 0. The Kier molecular flexibility index (Phi) is 10.2. The van der Waals surface area contributed by atoms with E-state index >= 15 is 0 Å². The van der Waals surface area contributed by atoms with Gasteiger partial charge in [0.1, 0.15) is 6.29 Å². The Bertz CT molecular complexity index is 461. The quantitative estimate of drug-likeness (QED) is 0.242. The number of aldehydes is 1. The molecular formula is C29H52O. The Labute approximate surface area is 188 Å². The number of carbonyl (C=O) groups excluding carboxylic acids is 1. The minimum Gasteiger partial charge on any atom is -0.303 e. The molecule has 0 aromatic carbocycles. The summed E-state index contributed by atoms with van der Waals surface area (Å²) in [6, 6.07) is 0. The Balaban J connectivity index is 1.65. The van der Waals surface area contributed by atoms with Crippen LogP contribution in [-0.4, -0.2) is 6.29 Å². The van der Waals surface area contributed by atoms with Crippen molar-refractivity contribution in [2.45, 2.75) is 142 Å². The fraction of sp³-hybridized carbons (Fsp3) is 0.966. The van der Waals surface area contributed by atoms with Gasteiger partial charge in [0.2, 0.25) is 0 Å². The zero-order chi connectivity index (χ0) is 21.2. The normalized spacial score (nSPS) is 34.5. The molecule has 0 radical (unpaired) electrons. The average Bonchev–Trinajstić information content (AvgIpc) is 2.81. The van der Waals surface area contributed by atoms with Crippen LogP contribution >= 0.6 is 0 Å². The van der Waals surface area contributed by atoms with E-state index in [1.54, 1.807) is 0 Å². The predicted molar refractivity (Wildman–Crippen MR) is 130 cm³/mol. The van der Waals surface area contributed by atoms with E-state index in [4.69, 9.17) is 0 Å². The smallest absolute Gasteiger partial charge is 0.123 e. The predicted octanol–water partition coefficient (Wildman–Crippen LogP) is 9.14. The van der Waals surface area contributed by atoms with E-state index in [1.165, 1.54) is 135 Å². The van der Waals surface area contributed by atoms with Gasteiger partial charge in [-0.1, -0.05) is 90.9 Å². The first-order chi connectivity index (χ1) is 14.7. The highest BCUT2D eigenvalue weighted by Crippen LogP contribution is 2.57. The molecule has 1 nitrogen and oxygen atoms in total. The van der Waals surface area contributed by atoms with Crippen LogP contribution in [-0.2, 0) is 4.79 Å². The van der Waals surface area contributed by atoms with E-state index in [0.717, 1.165) is 17.8 Å². The molecule has 3 aliphatic rings. The molecule has 0 bridgehead atoms. The molecule has 0 N–H and O–H groups in total. The van der Waals surface area contributed by atoms with Crippen LogP contribution in [0.3, 0.4) is 0 Å². The topological polar surface area (TPSA) is 17.1 Å². The monoisotopic (exact) mass is 416 g/mol. The highest BCUT2D eigenvalue weighted by molar-refractivity contribution is 5.56. The highest BCUT2D eigenvalue weighted by atomic mass is 16.1. The molecule has 1 heteroatoms. The van der Waals surface area contributed by atoms with E-state index in [2.05, 4.69) is 13.8 Å². The van der Waals surface area contributed by atoms with Gasteiger partial charge in [-0.05, 0) is 80.5 Å². The van der Waals surface area contributed by atoms with Gasteiger partial charge < -0.3 is 4.79 Å². The lowest BCUT2D eigenvalue weighted by Crippen LogP contribution is -2.46. The van der Waals surface area contributed by atoms with Gasteiger partial charge in [0, 0.05) is 5.92 Å². The van der Waals surface area contributed by atoms with Gasteiger partial charge in [0.05, 0.1) is 0 Å². The SMILES string of the molecule is CCCCCC1CCC(C(C=O)[C@]2(C3CCCCC3)CC[C@H](CCCC)CC2)CC1. The minimum atomic E-state index is 0.365. The lowest BCUT2D eigenvalue weighted by atomic mass is 9.51. The number of unbranched alkanes of at least 4 members (excludes halogenated alkanes) is 3. The summed E-state index contributed by atoms with van der Waals surface area (Å²) in [7, 11) is 0. The zero-order valence-corrected chi connectivity index (χ0v) is 20.5. The van der Waals surface area contributed by atoms with Crippen molar-refractivity contribution in [3.8, 4) is 0 Å². The van der Waals surface area contributed by atoms with Crippen molar-refractivity contribution in [3.63, 3.8) is 0 Å². The van der Waals surface area contributed by atoms with Crippen molar-refractivity contribution in [3.05, 3.63) is 0 Å². The molecule has 1 unspecified atom stereocenters. The fourth-order valence-corrected chi connectivity index (χ4v) is 7.92. The van der Waals surface area contributed by atoms with Crippen LogP contribution in [0.25, 0.3) is 0 Å². The summed E-state index contributed by atoms with van der Waals surface area (Å²) in [5.74, 6) is 3.80. The molecule has 30 heavy (non-hydrogen) atoms. The molecule has 3 saturated carbocycles. The molecule has 1 atom stereocenters. The Morgan fingerprint density at radius 2 is 1.33 bits per heavy atom. The van der Waals surface area contributed by atoms with Crippen LogP contribution in [0.2, 0.25) is 0 Å². The molecule has 3 fully saturated rings. The zero-order valence-electron chi connectivity index (χ0n) is 20.5. The number of hydrogen-bond acceptors (Lipinski definition) is 1. The van der Waals surface area contributed by atoms with Crippen molar-refractivity contribution < 1.29 is 4.79 Å². The van der Waals surface area contributed by atoms with Crippen molar-refractivity contribution in [2.24, 2.45) is 35.0 Å². The molecule has 0 heterocycles. The Morgan fingerprint density at radius 1 is 0.733 bits per heavy atom. The van der Waals surface area contributed by atoms with E-state index in [1.807, 2.05) is 0 Å². The standard InChI is InChI=1S/C29H52O/c1-3-5-8-12-24-15-17-26(18-16-24)28(23-30)29(27-13-9-7-10-14-27)21-19-25(20-22-29)11-6-4-2/h23-28H,3-22H2,1-2H3/t24?,25-,26?,28?,29+. The van der Waals surface area contributed by atoms with Gasteiger partial charge in [0.25, 0.3) is 0 Å².